The number of carbonyl (C=O) groups excluding carboxylic acids is 1. The summed E-state index contributed by atoms with van der Waals surface area (Å²) in [6.07, 6.45) is 3.95. The van der Waals surface area contributed by atoms with Crippen molar-refractivity contribution >= 4 is 17.7 Å². The van der Waals surface area contributed by atoms with E-state index in [9.17, 15) is 4.79 Å². The van der Waals surface area contributed by atoms with Crippen LogP contribution in [0.15, 0.2) is 48.5 Å². The van der Waals surface area contributed by atoms with Gasteiger partial charge in [-0.15, -0.1) is 0 Å². The Hall–Kier alpha value is -2.02. The van der Waals surface area contributed by atoms with Crippen molar-refractivity contribution < 1.29 is 14.3 Å². The number of methoxy groups -OCH3 is 2. The number of carbonyl (C=O) groups is 1. The molecule has 0 aromatic heterocycles. The van der Waals surface area contributed by atoms with E-state index in [0.29, 0.717) is 5.75 Å². The second kappa shape index (κ2) is 9.63. The maximum atomic E-state index is 12.4. The van der Waals surface area contributed by atoms with Crippen LogP contribution >= 0.6 is 11.8 Å². The highest BCUT2D eigenvalue weighted by molar-refractivity contribution is 7.99. The number of thioether (sulfide) groups is 1. The van der Waals surface area contributed by atoms with Crippen LogP contribution in [0.5, 0.6) is 5.75 Å². The van der Waals surface area contributed by atoms with E-state index in [1.807, 2.05) is 18.4 Å². The molecule has 1 amide bonds. The standard InChI is InChI=1S/C25H32N2O3S/c1-29-19-10-8-18(9-11-19)16-27-14-12-25(13-15-27)21-7-5-4-6-20(21)23(24(25)30-2)26-22(28)17-31-3/h4-11,23-24H,12-17H2,1-3H3,(H,26,28)/t23-,24+/m1/s1. The van der Waals surface area contributed by atoms with E-state index in [1.54, 1.807) is 26.0 Å². The summed E-state index contributed by atoms with van der Waals surface area (Å²) >= 11 is 1.55. The molecule has 2 aliphatic rings. The van der Waals surface area contributed by atoms with E-state index in [0.717, 1.165) is 38.2 Å². The Balaban J connectivity index is 1.52. The molecule has 1 heterocycles. The second-order valence-electron chi connectivity index (χ2n) is 8.50. The number of nitrogens with zero attached hydrogens (tertiary/aromatic N) is 1. The van der Waals surface area contributed by atoms with E-state index in [-0.39, 0.29) is 23.5 Å². The average molecular weight is 441 g/mol. The van der Waals surface area contributed by atoms with Gasteiger partial charge in [0.1, 0.15) is 5.75 Å². The fraction of sp³-hybridized carbons (Fsp3) is 0.480. The van der Waals surface area contributed by atoms with E-state index in [2.05, 4.69) is 46.6 Å². The number of hydrogen-bond acceptors (Lipinski definition) is 5. The minimum atomic E-state index is -0.0889. The Morgan fingerprint density at radius 2 is 1.84 bits per heavy atom. The molecule has 166 valence electrons. The molecule has 0 bridgehead atoms. The summed E-state index contributed by atoms with van der Waals surface area (Å²) in [6.45, 7) is 2.95. The summed E-state index contributed by atoms with van der Waals surface area (Å²) in [5, 5.41) is 3.26. The van der Waals surface area contributed by atoms with E-state index in [1.165, 1.54) is 16.7 Å². The first kappa shape index (κ1) is 22.2. The lowest BCUT2D eigenvalue weighted by Gasteiger charge is -2.44. The van der Waals surface area contributed by atoms with Crippen molar-refractivity contribution in [1.82, 2.24) is 10.2 Å². The lowest BCUT2D eigenvalue weighted by atomic mass is 9.72. The highest BCUT2D eigenvalue weighted by Gasteiger charge is 2.53. The number of rotatable bonds is 7. The number of benzene rings is 2. The minimum absolute atomic E-state index is 0.0427. The van der Waals surface area contributed by atoms with Crippen LogP contribution in [0, 0.1) is 0 Å². The van der Waals surface area contributed by atoms with Gasteiger partial charge < -0.3 is 14.8 Å². The van der Waals surface area contributed by atoms with Crippen molar-refractivity contribution in [2.75, 3.05) is 39.3 Å². The minimum Gasteiger partial charge on any atom is -0.497 e. The van der Waals surface area contributed by atoms with Gasteiger partial charge in [-0.1, -0.05) is 36.4 Å². The van der Waals surface area contributed by atoms with Gasteiger partial charge in [-0.25, -0.2) is 0 Å². The van der Waals surface area contributed by atoms with Gasteiger partial charge in [0.15, 0.2) is 0 Å². The normalized spacial score (nSPS) is 22.3. The third-order valence-electron chi connectivity index (χ3n) is 6.84. The molecule has 1 fully saturated rings. The highest BCUT2D eigenvalue weighted by atomic mass is 32.2. The van der Waals surface area contributed by atoms with Gasteiger partial charge in [0.05, 0.1) is 25.0 Å². The molecule has 0 unspecified atom stereocenters. The van der Waals surface area contributed by atoms with Crippen molar-refractivity contribution in [2.45, 2.75) is 36.9 Å². The first-order valence-corrected chi connectivity index (χ1v) is 12.3. The van der Waals surface area contributed by atoms with Crippen LogP contribution in [0.1, 0.15) is 35.6 Å². The Bertz CT molecular complexity index is 894. The summed E-state index contributed by atoms with van der Waals surface area (Å²) in [4.78, 5) is 15.0. The van der Waals surface area contributed by atoms with Crippen LogP contribution in [0.3, 0.4) is 0 Å². The van der Waals surface area contributed by atoms with Gasteiger partial charge in [0, 0.05) is 19.1 Å². The van der Waals surface area contributed by atoms with Crippen LogP contribution in [-0.4, -0.2) is 56.2 Å². The molecule has 2 aromatic rings. The van der Waals surface area contributed by atoms with Gasteiger partial charge in [-0.05, 0) is 61.0 Å². The van der Waals surface area contributed by atoms with Crippen LogP contribution in [0.2, 0.25) is 0 Å². The zero-order chi connectivity index (χ0) is 21.8. The Labute approximate surface area is 189 Å². The largest absolute Gasteiger partial charge is 0.497 e. The predicted octanol–water partition coefficient (Wildman–Crippen LogP) is 3.78. The molecule has 1 aliphatic heterocycles. The first-order chi connectivity index (χ1) is 15.1. The van der Waals surface area contributed by atoms with E-state index in [4.69, 9.17) is 9.47 Å². The molecule has 2 aromatic carbocycles. The molecule has 1 saturated heterocycles. The van der Waals surface area contributed by atoms with Gasteiger partial charge in [-0.3, -0.25) is 9.69 Å². The zero-order valence-corrected chi connectivity index (χ0v) is 19.4. The number of likely N-dealkylation sites (tertiary alicyclic amines) is 1. The highest BCUT2D eigenvalue weighted by Crippen LogP contribution is 2.52. The fourth-order valence-corrected chi connectivity index (χ4v) is 5.72. The van der Waals surface area contributed by atoms with Gasteiger partial charge in [-0.2, -0.15) is 11.8 Å². The van der Waals surface area contributed by atoms with Crippen molar-refractivity contribution in [1.29, 1.82) is 0 Å². The number of hydrogen-bond donors (Lipinski definition) is 1. The molecule has 1 aliphatic carbocycles. The molecule has 6 heteroatoms. The summed E-state index contributed by atoms with van der Waals surface area (Å²) in [6, 6.07) is 16.8. The monoisotopic (exact) mass is 440 g/mol. The molecule has 1 spiro atoms. The maximum absolute atomic E-state index is 12.4. The lowest BCUT2D eigenvalue weighted by molar-refractivity contribution is -0.121. The Morgan fingerprint density at radius 3 is 2.48 bits per heavy atom. The van der Waals surface area contributed by atoms with Crippen molar-refractivity contribution in [2.24, 2.45) is 0 Å². The molecule has 4 rings (SSSR count). The van der Waals surface area contributed by atoms with Crippen molar-refractivity contribution in [3.63, 3.8) is 0 Å². The third kappa shape index (κ3) is 4.34. The zero-order valence-electron chi connectivity index (χ0n) is 18.6. The quantitative estimate of drug-likeness (QED) is 0.710. The lowest BCUT2D eigenvalue weighted by Crippen LogP contribution is -2.50. The molecule has 0 saturated carbocycles. The van der Waals surface area contributed by atoms with Crippen LogP contribution in [0.25, 0.3) is 0 Å². The average Bonchev–Trinajstić information content (AvgIpc) is 3.05. The van der Waals surface area contributed by atoms with Crippen LogP contribution in [-0.2, 0) is 21.5 Å². The van der Waals surface area contributed by atoms with Crippen LogP contribution < -0.4 is 10.1 Å². The Morgan fingerprint density at radius 1 is 1.13 bits per heavy atom. The second-order valence-corrected chi connectivity index (χ2v) is 9.37. The molecular formula is C25H32N2O3S. The number of nitrogens with one attached hydrogen (secondary N) is 1. The smallest absolute Gasteiger partial charge is 0.230 e. The topological polar surface area (TPSA) is 50.8 Å². The Kier molecular flexibility index (Phi) is 6.89. The molecule has 31 heavy (non-hydrogen) atoms. The predicted molar refractivity (Wildman–Crippen MR) is 126 cm³/mol. The fourth-order valence-electron chi connectivity index (χ4n) is 5.37. The van der Waals surface area contributed by atoms with Crippen molar-refractivity contribution in [3.05, 3.63) is 65.2 Å². The van der Waals surface area contributed by atoms with Crippen LogP contribution in [0.4, 0.5) is 0 Å². The summed E-state index contributed by atoms with van der Waals surface area (Å²) < 4.78 is 11.4. The summed E-state index contributed by atoms with van der Waals surface area (Å²) in [5.41, 5.74) is 3.81. The first-order valence-electron chi connectivity index (χ1n) is 10.9. The van der Waals surface area contributed by atoms with E-state index < -0.39 is 0 Å². The van der Waals surface area contributed by atoms with Gasteiger partial charge >= 0.3 is 0 Å². The van der Waals surface area contributed by atoms with Crippen molar-refractivity contribution in [3.8, 4) is 5.75 Å². The molecule has 1 N–H and O–H groups in total. The van der Waals surface area contributed by atoms with E-state index >= 15 is 0 Å². The molecule has 5 nitrogen and oxygen atoms in total. The molecule has 2 atom stereocenters. The number of piperidine rings is 1. The van der Waals surface area contributed by atoms with Gasteiger partial charge in [0.25, 0.3) is 0 Å². The van der Waals surface area contributed by atoms with Gasteiger partial charge in [0.2, 0.25) is 5.91 Å². The summed E-state index contributed by atoms with van der Waals surface area (Å²) in [5.74, 6) is 1.43. The number of ether oxygens (including phenoxy) is 2. The third-order valence-corrected chi connectivity index (χ3v) is 7.39. The number of amides is 1. The maximum Gasteiger partial charge on any atom is 0.230 e. The summed E-state index contributed by atoms with van der Waals surface area (Å²) in [7, 11) is 3.48. The molecular weight excluding hydrogens is 408 g/mol. The SMILES string of the molecule is COc1ccc(CN2CCC3(CC2)c2ccccc2[C@@H](NC(=O)CSC)[C@@H]3OC)cc1. The number of fused-ring (bicyclic) bond motifs is 2. The molecule has 0 radical (unpaired) electrons.